The monoisotopic (exact) mass is 488 g/mol. The number of halogens is 1. The first kappa shape index (κ1) is 23.0. The zero-order valence-electron chi connectivity index (χ0n) is 17.5. The van der Waals surface area contributed by atoms with Crippen LogP contribution in [0.1, 0.15) is 42.0 Å². The Morgan fingerprint density at radius 2 is 1.69 bits per heavy atom. The summed E-state index contributed by atoms with van der Waals surface area (Å²) in [6.07, 6.45) is 2.67. The molecule has 5 nitrogen and oxygen atoms in total. The van der Waals surface area contributed by atoms with Gasteiger partial charge in [-0.05, 0) is 77.0 Å². The molecule has 2 aromatic carbocycles. The summed E-state index contributed by atoms with van der Waals surface area (Å²) in [7, 11) is -3.42. The third-order valence-corrected chi connectivity index (χ3v) is 8.52. The topological polar surface area (TPSA) is 66.5 Å². The van der Waals surface area contributed by atoms with E-state index in [0.717, 1.165) is 29.5 Å². The summed E-state index contributed by atoms with van der Waals surface area (Å²) in [5, 5.41) is 7.79. The Morgan fingerprint density at radius 1 is 1.00 bits per heavy atom. The number of carbonyl (C=O) groups is 1. The fraction of sp³-hybridized carbons (Fsp3) is 0.292. The summed E-state index contributed by atoms with van der Waals surface area (Å²) in [4.78, 5) is 13.0. The van der Waals surface area contributed by atoms with Crippen LogP contribution in [0.25, 0.3) is 0 Å². The Hall–Kier alpha value is -2.19. The fourth-order valence-corrected chi connectivity index (χ4v) is 6.18. The number of hydrogen-bond acceptors (Lipinski definition) is 4. The number of hydrogen-bond donors (Lipinski definition) is 1. The Balaban J connectivity index is 1.39. The molecular weight excluding hydrogens is 464 g/mol. The maximum absolute atomic E-state index is 12.7. The molecule has 1 fully saturated rings. The highest BCUT2D eigenvalue weighted by Gasteiger charge is 2.27. The largest absolute Gasteiger partial charge is 0.345 e. The van der Waals surface area contributed by atoms with Crippen molar-refractivity contribution in [3.63, 3.8) is 0 Å². The SMILES string of the molecule is O=C(CCc1ccc(S(=O)(=O)N2CCCC2)cc1)NC(c1ccc(Cl)cc1)c1ccsc1. The number of rotatable bonds is 8. The number of carbonyl (C=O) groups excluding carboxylic acids is 1. The summed E-state index contributed by atoms with van der Waals surface area (Å²) < 4.78 is 26.9. The van der Waals surface area contributed by atoms with E-state index in [2.05, 4.69) is 5.32 Å². The molecule has 2 heterocycles. The molecule has 1 N–H and O–H groups in total. The van der Waals surface area contributed by atoms with Crippen molar-refractivity contribution < 1.29 is 13.2 Å². The lowest BCUT2D eigenvalue weighted by Crippen LogP contribution is -2.29. The molecule has 1 aromatic heterocycles. The van der Waals surface area contributed by atoms with Crippen LogP contribution >= 0.6 is 22.9 Å². The molecule has 168 valence electrons. The molecule has 1 atom stereocenters. The van der Waals surface area contributed by atoms with Gasteiger partial charge in [0.2, 0.25) is 15.9 Å². The van der Waals surface area contributed by atoms with E-state index in [1.54, 1.807) is 35.6 Å². The molecule has 0 bridgehead atoms. The van der Waals surface area contributed by atoms with E-state index in [9.17, 15) is 13.2 Å². The van der Waals surface area contributed by atoms with Crippen molar-refractivity contribution in [3.05, 3.63) is 87.1 Å². The van der Waals surface area contributed by atoms with E-state index in [-0.39, 0.29) is 11.9 Å². The molecular formula is C24H25ClN2O3S2. The van der Waals surface area contributed by atoms with Gasteiger partial charge in [-0.2, -0.15) is 15.6 Å². The molecule has 0 radical (unpaired) electrons. The second-order valence-corrected chi connectivity index (χ2v) is 11.0. The van der Waals surface area contributed by atoms with Gasteiger partial charge in [0.05, 0.1) is 10.9 Å². The van der Waals surface area contributed by atoms with Crippen molar-refractivity contribution in [2.45, 2.75) is 36.6 Å². The second kappa shape index (κ2) is 10.2. The molecule has 1 unspecified atom stereocenters. The number of thiophene rings is 1. The van der Waals surface area contributed by atoms with Crippen molar-refractivity contribution in [3.8, 4) is 0 Å². The predicted molar refractivity (Wildman–Crippen MR) is 129 cm³/mol. The minimum atomic E-state index is -3.42. The smallest absolute Gasteiger partial charge is 0.243 e. The average molecular weight is 489 g/mol. The molecule has 1 aliphatic rings. The van der Waals surface area contributed by atoms with E-state index in [0.29, 0.717) is 35.8 Å². The van der Waals surface area contributed by atoms with Crippen LogP contribution in [-0.4, -0.2) is 31.7 Å². The third kappa shape index (κ3) is 5.41. The number of nitrogens with one attached hydrogen (secondary N) is 1. The zero-order valence-corrected chi connectivity index (χ0v) is 19.9. The van der Waals surface area contributed by atoms with Crippen molar-refractivity contribution >= 4 is 38.9 Å². The van der Waals surface area contributed by atoms with Crippen LogP contribution in [-0.2, 0) is 21.2 Å². The predicted octanol–water partition coefficient (Wildman–Crippen LogP) is 5.02. The van der Waals surface area contributed by atoms with Crippen molar-refractivity contribution in [2.24, 2.45) is 0 Å². The zero-order chi connectivity index (χ0) is 22.6. The van der Waals surface area contributed by atoms with Crippen LogP contribution in [0.15, 0.2) is 70.3 Å². The minimum absolute atomic E-state index is 0.0649. The highest BCUT2D eigenvalue weighted by Crippen LogP contribution is 2.26. The molecule has 4 rings (SSSR count). The van der Waals surface area contributed by atoms with Crippen LogP contribution in [0.2, 0.25) is 5.02 Å². The summed E-state index contributed by atoms with van der Waals surface area (Å²) in [5.74, 6) is -0.0649. The summed E-state index contributed by atoms with van der Waals surface area (Å²) in [6, 6.07) is 16.1. The van der Waals surface area contributed by atoms with Crippen molar-refractivity contribution in [1.29, 1.82) is 0 Å². The molecule has 1 aliphatic heterocycles. The first-order chi connectivity index (χ1) is 15.4. The van der Waals surface area contributed by atoms with E-state index < -0.39 is 10.0 Å². The van der Waals surface area contributed by atoms with Gasteiger partial charge in [-0.1, -0.05) is 35.9 Å². The summed E-state index contributed by atoms with van der Waals surface area (Å²) >= 11 is 7.60. The van der Waals surface area contributed by atoms with Crippen molar-refractivity contribution in [1.82, 2.24) is 9.62 Å². The van der Waals surface area contributed by atoms with Crippen LogP contribution in [0.5, 0.6) is 0 Å². The summed E-state index contributed by atoms with van der Waals surface area (Å²) in [6.45, 7) is 1.17. The lowest BCUT2D eigenvalue weighted by molar-refractivity contribution is -0.121. The molecule has 8 heteroatoms. The van der Waals surface area contributed by atoms with E-state index in [1.165, 1.54) is 4.31 Å². The normalized spacial score (nSPS) is 15.5. The van der Waals surface area contributed by atoms with Crippen LogP contribution in [0.3, 0.4) is 0 Å². The van der Waals surface area contributed by atoms with Crippen molar-refractivity contribution in [2.75, 3.05) is 13.1 Å². The molecule has 0 saturated carbocycles. The van der Waals surface area contributed by atoms with Crippen LogP contribution < -0.4 is 5.32 Å². The third-order valence-electron chi connectivity index (χ3n) is 5.65. The van der Waals surface area contributed by atoms with Gasteiger partial charge in [-0.15, -0.1) is 0 Å². The van der Waals surface area contributed by atoms with Crippen LogP contribution in [0.4, 0.5) is 0 Å². The lowest BCUT2D eigenvalue weighted by Gasteiger charge is -2.19. The standard InChI is InChI=1S/C24H25ClN2O3S2/c25-21-8-6-19(7-9-21)24(20-13-16-31-17-20)26-23(28)12-5-18-3-10-22(11-4-18)32(29,30)27-14-1-2-15-27/h3-4,6-11,13,16-17,24H,1-2,5,12,14-15H2,(H,26,28). The molecule has 3 aromatic rings. The van der Waals surface area contributed by atoms with Gasteiger partial charge >= 0.3 is 0 Å². The number of aryl methyl sites for hydroxylation is 1. The molecule has 1 amide bonds. The van der Waals surface area contributed by atoms with E-state index in [4.69, 9.17) is 11.6 Å². The first-order valence-electron chi connectivity index (χ1n) is 10.6. The number of nitrogens with zero attached hydrogens (tertiary/aromatic N) is 1. The van der Waals surface area contributed by atoms with Crippen LogP contribution in [0, 0.1) is 0 Å². The average Bonchev–Trinajstić information content (AvgIpc) is 3.52. The van der Waals surface area contributed by atoms with Gasteiger partial charge in [0, 0.05) is 24.5 Å². The van der Waals surface area contributed by atoms with E-state index >= 15 is 0 Å². The molecule has 32 heavy (non-hydrogen) atoms. The van der Waals surface area contributed by atoms with Gasteiger partial charge in [-0.3, -0.25) is 4.79 Å². The number of sulfonamides is 1. The van der Waals surface area contributed by atoms with Gasteiger partial charge in [0.15, 0.2) is 0 Å². The highest BCUT2D eigenvalue weighted by molar-refractivity contribution is 7.89. The number of benzene rings is 2. The summed E-state index contributed by atoms with van der Waals surface area (Å²) in [5.41, 5.74) is 2.93. The maximum Gasteiger partial charge on any atom is 0.243 e. The van der Waals surface area contributed by atoms with Gasteiger partial charge < -0.3 is 5.32 Å². The molecule has 0 aliphatic carbocycles. The molecule has 0 spiro atoms. The minimum Gasteiger partial charge on any atom is -0.345 e. The Kier molecular flexibility index (Phi) is 7.30. The quantitative estimate of drug-likeness (QED) is 0.484. The number of amides is 1. The Bertz CT molecular complexity index is 1140. The lowest BCUT2D eigenvalue weighted by atomic mass is 10.0. The molecule has 1 saturated heterocycles. The maximum atomic E-state index is 12.7. The second-order valence-electron chi connectivity index (χ2n) is 7.86. The van der Waals surface area contributed by atoms with Gasteiger partial charge in [-0.25, -0.2) is 8.42 Å². The highest BCUT2D eigenvalue weighted by atomic mass is 35.5. The van der Waals surface area contributed by atoms with E-state index in [1.807, 2.05) is 41.1 Å². The Labute approximate surface area is 198 Å². The van der Waals surface area contributed by atoms with Gasteiger partial charge in [0.25, 0.3) is 0 Å². The Morgan fingerprint density at radius 3 is 2.31 bits per heavy atom. The fourth-order valence-electron chi connectivity index (χ4n) is 3.85. The first-order valence-corrected chi connectivity index (χ1v) is 13.4. The van der Waals surface area contributed by atoms with Gasteiger partial charge in [0.1, 0.15) is 0 Å².